The summed E-state index contributed by atoms with van der Waals surface area (Å²) in [4.78, 5) is 19.2. The minimum absolute atomic E-state index is 0.300. The van der Waals surface area contributed by atoms with E-state index in [-0.39, 0.29) is 5.69 Å². The first-order valence-corrected chi connectivity index (χ1v) is 4.57. The second kappa shape index (κ2) is 2.88. The molecule has 15 heavy (non-hydrogen) atoms. The van der Waals surface area contributed by atoms with E-state index in [0.717, 1.165) is 10.8 Å². The van der Waals surface area contributed by atoms with Gasteiger partial charge in [0.2, 0.25) is 0 Å². The van der Waals surface area contributed by atoms with E-state index in [1.807, 2.05) is 30.3 Å². The number of nitrogens with zero attached hydrogens (tertiary/aromatic N) is 3. The van der Waals surface area contributed by atoms with Crippen LogP contribution in [0.5, 0.6) is 0 Å². The molecule has 0 spiro atoms. The molecule has 0 N–H and O–H groups in total. The first kappa shape index (κ1) is 8.11. The number of rotatable bonds is 0. The topological polar surface area (TPSA) is 47.3 Å². The van der Waals surface area contributed by atoms with E-state index in [9.17, 15) is 4.79 Å². The van der Waals surface area contributed by atoms with Crippen molar-refractivity contribution in [2.75, 3.05) is 0 Å². The normalized spacial score (nSPS) is 10.9. The summed E-state index contributed by atoms with van der Waals surface area (Å²) in [6.45, 7) is 0. The van der Waals surface area contributed by atoms with Crippen molar-refractivity contribution in [3.63, 3.8) is 0 Å². The van der Waals surface area contributed by atoms with E-state index in [2.05, 4.69) is 9.97 Å². The molecule has 4 heteroatoms. The highest BCUT2D eigenvalue weighted by atomic mass is 16.1. The summed E-state index contributed by atoms with van der Waals surface area (Å²) in [6, 6.07) is 9.69. The predicted octanol–water partition coefficient (Wildman–Crippen LogP) is 1.24. The van der Waals surface area contributed by atoms with Crippen LogP contribution in [0.2, 0.25) is 0 Å². The number of hydrogen-bond donors (Lipinski definition) is 0. The van der Waals surface area contributed by atoms with Gasteiger partial charge in [0, 0.05) is 11.6 Å². The van der Waals surface area contributed by atoms with E-state index >= 15 is 0 Å². The minimum atomic E-state index is -0.300. The van der Waals surface area contributed by atoms with Gasteiger partial charge >= 0.3 is 5.69 Å². The van der Waals surface area contributed by atoms with Crippen molar-refractivity contribution in [3.8, 4) is 0 Å². The monoisotopic (exact) mass is 197 g/mol. The van der Waals surface area contributed by atoms with Gasteiger partial charge in [-0.1, -0.05) is 24.3 Å². The van der Waals surface area contributed by atoms with Gasteiger partial charge in [-0.15, -0.1) is 0 Å². The standard InChI is InChI=1S/C11H7N3O/c15-11-13-7-12-10-9-4-2-1-3-8(9)5-6-14(10)11/h1-7H. The zero-order valence-corrected chi connectivity index (χ0v) is 7.79. The number of pyridine rings is 1. The first-order chi connectivity index (χ1) is 7.36. The van der Waals surface area contributed by atoms with E-state index in [4.69, 9.17) is 0 Å². The van der Waals surface area contributed by atoms with Crippen LogP contribution < -0.4 is 5.69 Å². The van der Waals surface area contributed by atoms with Gasteiger partial charge in [0.25, 0.3) is 0 Å². The van der Waals surface area contributed by atoms with Crippen molar-refractivity contribution in [1.29, 1.82) is 0 Å². The van der Waals surface area contributed by atoms with Crippen LogP contribution in [-0.2, 0) is 0 Å². The van der Waals surface area contributed by atoms with Crippen LogP contribution in [0, 0.1) is 0 Å². The predicted molar refractivity (Wildman–Crippen MR) is 56.8 cm³/mol. The Balaban J connectivity index is 2.67. The third kappa shape index (κ3) is 1.11. The summed E-state index contributed by atoms with van der Waals surface area (Å²) in [5.74, 6) is 0. The maximum Gasteiger partial charge on any atom is 0.354 e. The van der Waals surface area contributed by atoms with Gasteiger partial charge in [-0.3, -0.25) is 4.40 Å². The van der Waals surface area contributed by atoms with Crippen LogP contribution in [-0.4, -0.2) is 14.4 Å². The molecule has 0 saturated heterocycles. The van der Waals surface area contributed by atoms with Gasteiger partial charge in [-0.25, -0.2) is 9.78 Å². The van der Waals surface area contributed by atoms with Crippen molar-refractivity contribution < 1.29 is 0 Å². The van der Waals surface area contributed by atoms with Crippen LogP contribution >= 0.6 is 0 Å². The maximum atomic E-state index is 11.4. The lowest BCUT2D eigenvalue weighted by Crippen LogP contribution is -2.17. The molecule has 2 aromatic heterocycles. The van der Waals surface area contributed by atoms with Crippen molar-refractivity contribution in [3.05, 3.63) is 53.3 Å². The zero-order valence-electron chi connectivity index (χ0n) is 7.79. The lowest BCUT2D eigenvalue weighted by molar-refractivity contribution is 0.947. The Morgan fingerprint density at radius 2 is 1.93 bits per heavy atom. The van der Waals surface area contributed by atoms with Crippen molar-refractivity contribution >= 4 is 16.4 Å². The molecule has 0 amide bonds. The molecule has 0 atom stereocenters. The van der Waals surface area contributed by atoms with Gasteiger partial charge in [0.1, 0.15) is 6.33 Å². The summed E-state index contributed by atoms with van der Waals surface area (Å²) in [6.07, 6.45) is 2.99. The Morgan fingerprint density at radius 3 is 2.87 bits per heavy atom. The van der Waals surface area contributed by atoms with Gasteiger partial charge in [0.15, 0.2) is 5.65 Å². The summed E-state index contributed by atoms with van der Waals surface area (Å²) in [5, 5.41) is 2.02. The molecule has 3 rings (SSSR count). The molecule has 0 aliphatic carbocycles. The molecule has 0 bridgehead atoms. The first-order valence-electron chi connectivity index (χ1n) is 4.57. The highest BCUT2D eigenvalue weighted by molar-refractivity contribution is 5.93. The molecular formula is C11H7N3O. The summed E-state index contributed by atoms with van der Waals surface area (Å²) >= 11 is 0. The van der Waals surface area contributed by atoms with Gasteiger partial charge in [-0.2, -0.15) is 4.98 Å². The van der Waals surface area contributed by atoms with Gasteiger partial charge in [-0.05, 0) is 11.5 Å². The third-order valence-corrected chi connectivity index (χ3v) is 2.39. The third-order valence-electron chi connectivity index (χ3n) is 2.39. The molecule has 0 saturated carbocycles. The fraction of sp³-hybridized carbons (Fsp3) is 0. The molecule has 3 aromatic rings. The Hall–Kier alpha value is -2.23. The molecular weight excluding hydrogens is 190 g/mol. The van der Waals surface area contributed by atoms with Crippen LogP contribution in [0.25, 0.3) is 16.4 Å². The smallest absolute Gasteiger partial charge is 0.251 e. The number of aromatic nitrogens is 3. The van der Waals surface area contributed by atoms with Crippen LogP contribution in [0.15, 0.2) is 47.7 Å². The average molecular weight is 197 g/mol. The largest absolute Gasteiger partial charge is 0.354 e. The Labute approximate surface area is 84.8 Å². The minimum Gasteiger partial charge on any atom is -0.251 e. The molecule has 4 nitrogen and oxygen atoms in total. The second-order valence-corrected chi connectivity index (χ2v) is 3.25. The van der Waals surface area contributed by atoms with E-state index in [1.54, 1.807) is 6.20 Å². The summed E-state index contributed by atoms with van der Waals surface area (Å²) in [7, 11) is 0. The van der Waals surface area contributed by atoms with Crippen molar-refractivity contribution in [2.24, 2.45) is 0 Å². The maximum absolute atomic E-state index is 11.4. The van der Waals surface area contributed by atoms with Crippen molar-refractivity contribution in [2.45, 2.75) is 0 Å². The van der Waals surface area contributed by atoms with E-state index in [1.165, 1.54) is 10.7 Å². The Bertz CT molecular complexity index is 703. The molecule has 0 fully saturated rings. The van der Waals surface area contributed by atoms with E-state index in [0.29, 0.717) is 5.65 Å². The number of fused-ring (bicyclic) bond motifs is 3. The highest BCUT2D eigenvalue weighted by Crippen LogP contribution is 2.15. The van der Waals surface area contributed by atoms with E-state index < -0.39 is 0 Å². The van der Waals surface area contributed by atoms with Gasteiger partial charge < -0.3 is 0 Å². The molecule has 0 aliphatic heterocycles. The molecule has 72 valence electrons. The fourth-order valence-corrected chi connectivity index (χ4v) is 1.68. The van der Waals surface area contributed by atoms with Crippen LogP contribution in [0.4, 0.5) is 0 Å². The second-order valence-electron chi connectivity index (χ2n) is 3.25. The SMILES string of the molecule is O=c1ncnc2c3ccccc3ccn12. The Kier molecular flexibility index (Phi) is 1.56. The molecule has 0 aliphatic rings. The Morgan fingerprint density at radius 1 is 1.07 bits per heavy atom. The molecule has 0 radical (unpaired) electrons. The zero-order chi connectivity index (χ0) is 10.3. The molecule has 2 heterocycles. The molecule has 0 unspecified atom stereocenters. The quantitative estimate of drug-likeness (QED) is 0.509. The van der Waals surface area contributed by atoms with Crippen LogP contribution in [0.3, 0.4) is 0 Å². The van der Waals surface area contributed by atoms with Crippen LogP contribution in [0.1, 0.15) is 0 Å². The molecule has 1 aromatic carbocycles. The highest BCUT2D eigenvalue weighted by Gasteiger charge is 2.01. The lowest BCUT2D eigenvalue weighted by Gasteiger charge is -2.02. The number of benzene rings is 1. The average Bonchev–Trinajstić information content (AvgIpc) is 2.29. The summed E-state index contributed by atoms with van der Waals surface area (Å²) in [5.41, 5.74) is 0.346. The lowest BCUT2D eigenvalue weighted by atomic mass is 10.2. The fourth-order valence-electron chi connectivity index (χ4n) is 1.68. The van der Waals surface area contributed by atoms with Gasteiger partial charge in [0.05, 0.1) is 0 Å². The van der Waals surface area contributed by atoms with Crippen molar-refractivity contribution in [1.82, 2.24) is 14.4 Å². The summed E-state index contributed by atoms with van der Waals surface area (Å²) < 4.78 is 1.45. The number of hydrogen-bond acceptors (Lipinski definition) is 3.